The van der Waals surface area contributed by atoms with Gasteiger partial charge in [-0.25, -0.2) is 9.18 Å². The highest BCUT2D eigenvalue weighted by Gasteiger charge is 2.42. The molecule has 0 amide bonds. The van der Waals surface area contributed by atoms with Crippen LogP contribution in [-0.4, -0.2) is 26.3 Å². The van der Waals surface area contributed by atoms with Crippen molar-refractivity contribution in [2.24, 2.45) is 0 Å². The van der Waals surface area contributed by atoms with Gasteiger partial charge in [0.15, 0.2) is 0 Å². The van der Waals surface area contributed by atoms with Crippen molar-refractivity contribution in [1.29, 1.82) is 0 Å². The minimum absolute atomic E-state index is 0.339. The van der Waals surface area contributed by atoms with Crippen molar-refractivity contribution in [3.05, 3.63) is 53.7 Å². The molecule has 0 saturated heterocycles. The number of hydrogen-bond acceptors (Lipinski definition) is 5. The van der Waals surface area contributed by atoms with Gasteiger partial charge in [0, 0.05) is 12.3 Å². The van der Waals surface area contributed by atoms with Crippen LogP contribution in [0.25, 0.3) is 6.08 Å². The molecule has 1 fully saturated rings. The van der Waals surface area contributed by atoms with Crippen molar-refractivity contribution in [2.45, 2.75) is 24.8 Å². The topological polar surface area (TPSA) is 88.0 Å². The molecular weight excluding hydrogens is 299 g/mol. The van der Waals surface area contributed by atoms with Crippen LogP contribution in [0.2, 0.25) is 0 Å². The van der Waals surface area contributed by atoms with E-state index in [2.05, 4.69) is 20.5 Å². The molecule has 3 rings (SSSR count). The van der Waals surface area contributed by atoms with E-state index in [9.17, 15) is 9.18 Å². The minimum atomic E-state index is -1.05. The van der Waals surface area contributed by atoms with Crippen LogP contribution in [0.1, 0.15) is 30.7 Å². The summed E-state index contributed by atoms with van der Waals surface area (Å²) >= 11 is 0. The molecular formula is C16H15FN4O2. The highest BCUT2D eigenvalue weighted by atomic mass is 19.1. The third-order valence-electron chi connectivity index (χ3n) is 3.87. The van der Waals surface area contributed by atoms with Crippen LogP contribution in [0.3, 0.4) is 0 Å². The van der Waals surface area contributed by atoms with E-state index in [1.807, 2.05) is 0 Å². The molecule has 0 unspecified atom stereocenters. The number of rotatable bonds is 5. The zero-order chi connectivity index (χ0) is 16.3. The summed E-state index contributed by atoms with van der Waals surface area (Å²) in [5.74, 6) is -0.885. The van der Waals surface area contributed by atoms with Crippen LogP contribution in [0.5, 0.6) is 0 Å². The molecule has 7 heteroatoms. The first kappa shape index (κ1) is 15.1. The average molecular weight is 314 g/mol. The van der Waals surface area contributed by atoms with Gasteiger partial charge in [-0.3, -0.25) is 4.98 Å². The standard InChI is InChI=1S/C16H15FN4O2/c17-12-3-1-10-18-15(12)16(8-2-9-16)19-13-6-4-11(20-21-13)5-7-14(22)23/h1,3-7,10H,2,8-9H2,(H,19,21)(H,22,23). The predicted molar refractivity (Wildman–Crippen MR) is 82.0 cm³/mol. The maximum atomic E-state index is 14.0. The van der Waals surface area contributed by atoms with Crippen LogP contribution in [0, 0.1) is 5.82 Å². The number of carbonyl (C=O) groups is 1. The second-order valence-corrected chi connectivity index (χ2v) is 5.41. The quantitative estimate of drug-likeness (QED) is 0.825. The van der Waals surface area contributed by atoms with E-state index >= 15 is 0 Å². The Morgan fingerprint density at radius 1 is 1.30 bits per heavy atom. The summed E-state index contributed by atoms with van der Waals surface area (Å²) in [6.45, 7) is 0. The van der Waals surface area contributed by atoms with Crippen LogP contribution >= 0.6 is 0 Å². The maximum Gasteiger partial charge on any atom is 0.328 e. The number of pyridine rings is 1. The van der Waals surface area contributed by atoms with Gasteiger partial charge in [0.25, 0.3) is 0 Å². The largest absolute Gasteiger partial charge is 0.478 e. The smallest absolute Gasteiger partial charge is 0.328 e. The van der Waals surface area contributed by atoms with E-state index < -0.39 is 11.5 Å². The fraction of sp³-hybridized carbons (Fsp3) is 0.250. The lowest BCUT2D eigenvalue weighted by molar-refractivity contribution is -0.131. The van der Waals surface area contributed by atoms with Crippen LogP contribution in [0.4, 0.5) is 10.2 Å². The highest BCUT2D eigenvalue weighted by molar-refractivity contribution is 5.84. The number of carboxylic acid groups (broad SMARTS) is 1. The number of nitrogens with zero attached hydrogens (tertiary/aromatic N) is 3. The molecule has 0 radical (unpaired) electrons. The van der Waals surface area contributed by atoms with Gasteiger partial charge < -0.3 is 10.4 Å². The van der Waals surface area contributed by atoms with Crippen molar-refractivity contribution < 1.29 is 14.3 Å². The van der Waals surface area contributed by atoms with Gasteiger partial charge >= 0.3 is 5.97 Å². The number of anilines is 1. The molecule has 23 heavy (non-hydrogen) atoms. The van der Waals surface area contributed by atoms with Crippen LogP contribution in [-0.2, 0) is 10.3 Å². The SMILES string of the molecule is O=C(O)C=Cc1ccc(NC2(c3ncccc3F)CCC2)nn1. The van der Waals surface area contributed by atoms with Crippen molar-refractivity contribution in [2.75, 3.05) is 5.32 Å². The monoisotopic (exact) mass is 314 g/mol. The van der Waals surface area contributed by atoms with Crippen LogP contribution in [0.15, 0.2) is 36.5 Å². The summed E-state index contributed by atoms with van der Waals surface area (Å²) in [4.78, 5) is 14.6. The molecule has 1 saturated carbocycles. The molecule has 118 valence electrons. The number of aromatic nitrogens is 3. The number of nitrogens with one attached hydrogen (secondary N) is 1. The van der Waals surface area contributed by atoms with Crippen molar-refractivity contribution >= 4 is 17.9 Å². The van der Waals surface area contributed by atoms with Gasteiger partial charge in [-0.1, -0.05) is 0 Å². The Balaban J connectivity index is 1.80. The Morgan fingerprint density at radius 3 is 2.70 bits per heavy atom. The van der Waals surface area contributed by atoms with Gasteiger partial charge in [-0.15, -0.1) is 10.2 Å². The number of hydrogen-bond donors (Lipinski definition) is 2. The minimum Gasteiger partial charge on any atom is -0.478 e. The molecule has 0 bridgehead atoms. The molecule has 0 aromatic carbocycles. The lowest BCUT2D eigenvalue weighted by atomic mass is 9.74. The Hall–Kier alpha value is -2.83. The number of halogens is 1. The Labute approximate surface area is 132 Å². The average Bonchev–Trinajstić information content (AvgIpc) is 2.51. The normalized spacial score (nSPS) is 16.0. The van der Waals surface area contributed by atoms with E-state index in [4.69, 9.17) is 5.11 Å². The molecule has 1 aliphatic rings. The van der Waals surface area contributed by atoms with Crippen molar-refractivity contribution in [3.63, 3.8) is 0 Å². The molecule has 1 aliphatic carbocycles. The second-order valence-electron chi connectivity index (χ2n) is 5.41. The van der Waals surface area contributed by atoms with E-state index in [1.165, 1.54) is 12.1 Å². The third-order valence-corrected chi connectivity index (χ3v) is 3.87. The zero-order valence-electron chi connectivity index (χ0n) is 12.2. The lowest BCUT2D eigenvalue weighted by Gasteiger charge is -2.42. The highest BCUT2D eigenvalue weighted by Crippen LogP contribution is 2.43. The molecule has 2 N–H and O–H groups in total. The molecule has 0 aliphatic heterocycles. The van der Waals surface area contributed by atoms with Gasteiger partial charge in [-0.05, 0) is 49.6 Å². The summed E-state index contributed by atoms with van der Waals surface area (Å²) in [7, 11) is 0. The third kappa shape index (κ3) is 3.18. The first-order valence-corrected chi connectivity index (χ1v) is 7.23. The lowest BCUT2D eigenvalue weighted by Crippen LogP contribution is -2.43. The fourth-order valence-corrected chi connectivity index (χ4v) is 2.59. The van der Waals surface area contributed by atoms with Gasteiger partial charge in [-0.2, -0.15) is 0 Å². The Kier molecular flexibility index (Phi) is 4.01. The van der Waals surface area contributed by atoms with Crippen molar-refractivity contribution in [1.82, 2.24) is 15.2 Å². The molecule has 0 spiro atoms. The molecule has 2 heterocycles. The summed E-state index contributed by atoms with van der Waals surface area (Å²) < 4.78 is 14.0. The van der Waals surface area contributed by atoms with Gasteiger partial charge in [0.2, 0.25) is 0 Å². The summed E-state index contributed by atoms with van der Waals surface area (Å²) in [6.07, 6.45) is 6.44. The maximum absolute atomic E-state index is 14.0. The summed E-state index contributed by atoms with van der Waals surface area (Å²) in [6, 6.07) is 6.30. The van der Waals surface area contributed by atoms with E-state index in [0.29, 0.717) is 17.2 Å². The number of aliphatic carboxylic acids is 1. The van der Waals surface area contributed by atoms with Gasteiger partial charge in [0.05, 0.1) is 11.2 Å². The molecule has 2 aromatic heterocycles. The first-order chi connectivity index (χ1) is 11.1. The zero-order valence-corrected chi connectivity index (χ0v) is 12.2. The Morgan fingerprint density at radius 2 is 2.13 bits per heavy atom. The van der Waals surface area contributed by atoms with E-state index in [-0.39, 0.29) is 5.82 Å². The predicted octanol–water partition coefficient (Wildman–Crippen LogP) is 2.60. The second kappa shape index (κ2) is 6.12. The first-order valence-electron chi connectivity index (χ1n) is 7.23. The fourth-order valence-electron chi connectivity index (χ4n) is 2.59. The van der Waals surface area contributed by atoms with Crippen molar-refractivity contribution in [3.8, 4) is 0 Å². The molecule has 0 atom stereocenters. The number of carboxylic acids is 1. The molecule has 6 nitrogen and oxygen atoms in total. The Bertz CT molecular complexity index is 742. The van der Waals surface area contributed by atoms with Crippen LogP contribution < -0.4 is 5.32 Å². The molecule has 2 aromatic rings. The van der Waals surface area contributed by atoms with E-state index in [1.54, 1.807) is 24.4 Å². The summed E-state index contributed by atoms with van der Waals surface area (Å²) in [5, 5.41) is 19.8. The van der Waals surface area contributed by atoms with E-state index in [0.717, 1.165) is 25.3 Å². The van der Waals surface area contributed by atoms with Gasteiger partial charge in [0.1, 0.15) is 17.3 Å². The summed E-state index contributed by atoms with van der Waals surface area (Å²) in [5.41, 5.74) is 0.269.